The van der Waals surface area contributed by atoms with E-state index in [2.05, 4.69) is 4.98 Å². The summed E-state index contributed by atoms with van der Waals surface area (Å²) in [5.74, 6) is -1.98. The predicted molar refractivity (Wildman–Crippen MR) is 64.4 cm³/mol. The topological polar surface area (TPSA) is 42.0 Å². The Balaban J connectivity index is 2.14. The van der Waals surface area contributed by atoms with Crippen LogP contribution in [0.15, 0.2) is 48.8 Å². The van der Waals surface area contributed by atoms with E-state index in [-0.39, 0.29) is 5.69 Å². The molecule has 1 N–H and O–H groups in total. The number of carbonyl (C=O) groups excluding carboxylic acids is 1. The van der Waals surface area contributed by atoms with Crippen LogP contribution in [0.25, 0.3) is 11.1 Å². The molecule has 0 aliphatic heterocycles. The van der Waals surface area contributed by atoms with E-state index < -0.39 is 12.1 Å². The van der Waals surface area contributed by atoms with Crippen molar-refractivity contribution in [3.63, 3.8) is 0 Å². The summed E-state index contributed by atoms with van der Waals surface area (Å²) >= 11 is 0. The van der Waals surface area contributed by atoms with E-state index in [1.165, 1.54) is 12.1 Å². The van der Waals surface area contributed by atoms with Gasteiger partial charge in [-0.2, -0.15) is 13.2 Å². The fraction of sp³-hybridized carbons (Fsp3) is 0.0769. The summed E-state index contributed by atoms with van der Waals surface area (Å²) in [7, 11) is 0. The van der Waals surface area contributed by atoms with Crippen LogP contribution in [0.1, 0.15) is 0 Å². The fourth-order valence-corrected chi connectivity index (χ4v) is 1.49. The van der Waals surface area contributed by atoms with E-state index in [0.29, 0.717) is 0 Å². The summed E-state index contributed by atoms with van der Waals surface area (Å²) in [6.07, 6.45) is -1.65. The summed E-state index contributed by atoms with van der Waals surface area (Å²) in [5, 5.41) is 1.78. The molecule has 0 bridgehead atoms. The van der Waals surface area contributed by atoms with Gasteiger partial charge < -0.3 is 5.32 Å². The van der Waals surface area contributed by atoms with Crippen molar-refractivity contribution < 1.29 is 18.0 Å². The maximum Gasteiger partial charge on any atom is 0.471 e. The van der Waals surface area contributed by atoms with Gasteiger partial charge in [-0.25, -0.2) is 0 Å². The first-order valence-electron chi connectivity index (χ1n) is 5.35. The third-order valence-corrected chi connectivity index (χ3v) is 2.41. The van der Waals surface area contributed by atoms with Crippen LogP contribution < -0.4 is 5.32 Å². The first kappa shape index (κ1) is 13.1. The molecule has 6 heteroatoms. The molecule has 0 atom stereocenters. The summed E-state index contributed by atoms with van der Waals surface area (Å²) in [5.41, 5.74) is 1.82. The zero-order valence-corrected chi connectivity index (χ0v) is 9.61. The van der Waals surface area contributed by atoms with Gasteiger partial charge in [-0.3, -0.25) is 9.78 Å². The van der Waals surface area contributed by atoms with Crippen LogP contribution in [0.5, 0.6) is 0 Å². The molecule has 0 spiro atoms. The molecule has 2 aromatic rings. The van der Waals surface area contributed by atoms with Crippen LogP contribution in [-0.2, 0) is 4.79 Å². The summed E-state index contributed by atoms with van der Waals surface area (Å²) in [6.45, 7) is 0. The van der Waals surface area contributed by atoms with Crippen molar-refractivity contribution in [2.24, 2.45) is 0 Å². The van der Waals surface area contributed by atoms with E-state index in [4.69, 9.17) is 0 Å². The lowest BCUT2D eigenvalue weighted by molar-refractivity contribution is -0.167. The van der Waals surface area contributed by atoms with Crippen molar-refractivity contribution in [2.45, 2.75) is 6.18 Å². The second kappa shape index (κ2) is 5.09. The Kier molecular flexibility index (Phi) is 3.50. The largest absolute Gasteiger partial charge is 0.471 e. The first-order chi connectivity index (χ1) is 8.97. The number of alkyl halides is 3. The monoisotopic (exact) mass is 266 g/mol. The number of hydrogen-bond donors (Lipinski definition) is 1. The maximum atomic E-state index is 12.1. The molecule has 0 fully saturated rings. The molecule has 1 amide bonds. The summed E-state index contributed by atoms with van der Waals surface area (Å²) < 4.78 is 36.2. The van der Waals surface area contributed by atoms with Crippen molar-refractivity contribution in [1.29, 1.82) is 0 Å². The van der Waals surface area contributed by atoms with Crippen molar-refractivity contribution >= 4 is 11.6 Å². The second-order valence-corrected chi connectivity index (χ2v) is 3.77. The SMILES string of the molecule is O=C(Nc1ccc(-c2ccncc2)cc1)C(F)(F)F. The van der Waals surface area contributed by atoms with Crippen LogP contribution in [0.4, 0.5) is 18.9 Å². The molecule has 1 heterocycles. The first-order valence-corrected chi connectivity index (χ1v) is 5.35. The Morgan fingerprint density at radius 1 is 0.947 bits per heavy atom. The lowest BCUT2D eigenvalue weighted by Crippen LogP contribution is -2.29. The minimum absolute atomic E-state index is 0.0973. The van der Waals surface area contributed by atoms with Crippen LogP contribution in [0, 0.1) is 0 Å². The number of carbonyl (C=O) groups is 1. The molecule has 0 saturated carbocycles. The normalized spacial score (nSPS) is 11.1. The van der Waals surface area contributed by atoms with E-state index >= 15 is 0 Å². The predicted octanol–water partition coefficient (Wildman–Crippen LogP) is 3.25. The quantitative estimate of drug-likeness (QED) is 0.906. The lowest BCUT2D eigenvalue weighted by atomic mass is 10.1. The van der Waals surface area contributed by atoms with Crippen LogP contribution >= 0.6 is 0 Å². The molecular formula is C13H9F3N2O. The highest BCUT2D eigenvalue weighted by Gasteiger charge is 2.38. The number of anilines is 1. The van der Waals surface area contributed by atoms with Crippen LogP contribution in [-0.4, -0.2) is 17.1 Å². The van der Waals surface area contributed by atoms with Crippen LogP contribution in [0.2, 0.25) is 0 Å². The zero-order valence-electron chi connectivity index (χ0n) is 9.61. The van der Waals surface area contributed by atoms with Gasteiger partial charge in [-0.15, -0.1) is 0 Å². The zero-order chi connectivity index (χ0) is 13.9. The molecule has 0 aliphatic rings. The molecular weight excluding hydrogens is 257 g/mol. The standard InChI is InChI=1S/C13H9F3N2O/c14-13(15,16)12(19)18-11-3-1-9(2-4-11)10-5-7-17-8-6-10/h1-8H,(H,18,19). The van der Waals surface area contributed by atoms with Gasteiger partial charge in [0.25, 0.3) is 0 Å². The average molecular weight is 266 g/mol. The van der Waals surface area contributed by atoms with Gasteiger partial charge in [0.1, 0.15) is 0 Å². The van der Waals surface area contributed by atoms with Gasteiger partial charge in [-0.1, -0.05) is 12.1 Å². The number of halogens is 3. The van der Waals surface area contributed by atoms with Crippen molar-refractivity contribution in [3.8, 4) is 11.1 Å². The third kappa shape index (κ3) is 3.31. The number of benzene rings is 1. The van der Waals surface area contributed by atoms with E-state index in [1.807, 2.05) is 0 Å². The number of hydrogen-bond acceptors (Lipinski definition) is 2. The molecule has 2 rings (SSSR count). The smallest absolute Gasteiger partial charge is 0.318 e. The highest BCUT2D eigenvalue weighted by Crippen LogP contribution is 2.22. The molecule has 98 valence electrons. The number of amides is 1. The van der Waals surface area contributed by atoms with Gasteiger partial charge in [0.2, 0.25) is 0 Å². The number of aromatic nitrogens is 1. The minimum Gasteiger partial charge on any atom is -0.318 e. The van der Waals surface area contributed by atoms with Gasteiger partial charge in [0, 0.05) is 18.1 Å². The maximum absolute atomic E-state index is 12.1. The molecule has 0 aliphatic carbocycles. The molecule has 19 heavy (non-hydrogen) atoms. The van der Waals surface area contributed by atoms with E-state index in [1.54, 1.807) is 42.0 Å². The number of nitrogens with zero attached hydrogens (tertiary/aromatic N) is 1. The molecule has 3 nitrogen and oxygen atoms in total. The second-order valence-electron chi connectivity index (χ2n) is 3.77. The van der Waals surface area contributed by atoms with E-state index in [0.717, 1.165) is 11.1 Å². The van der Waals surface area contributed by atoms with Gasteiger partial charge in [-0.05, 0) is 35.4 Å². The molecule has 0 saturated heterocycles. The number of pyridine rings is 1. The van der Waals surface area contributed by atoms with E-state index in [9.17, 15) is 18.0 Å². The van der Waals surface area contributed by atoms with Gasteiger partial charge in [0.05, 0.1) is 0 Å². The number of nitrogens with one attached hydrogen (secondary N) is 1. The summed E-state index contributed by atoms with van der Waals surface area (Å²) in [6, 6.07) is 9.65. The van der Waals surface area contributed by atoms with Crippen LogP contribution in [0.3, 0.4) is 0 Å². The Morgan fingerprint density at radius 2 is 1.47 bits per heavy atom. The van der Waals surface area contributed by atoms with Crippen molar-refractivity contribution in [1.82, 2.24) is 4.98 Å². The summed E-state index contributed by atoms with van der Waals surface area (Å²) in [4.78, 5) is 14.6. The van der Waals surface area contributed by atoms with Crippen molar-refractivity contribution in [2.75, 3.05) is 5.32 Å². The van der Waals surface area contributed by atoms with Crippen molar-refractivity contribution in [3.05, 3.63) is 48.8 Å². The Hall–Kier alpha value is -2.37. The number of rotatable bonds is 2. The Labute approximate surface area is 107 Å². The van der Waals surface area contributed by atoms with Gasteiger partial charge in [0.15, 0.2) is 0 Å². The molecule has 0 radical (unpaired) electrons. The average Bonchev–Trinajstić information content (AvgIpc) is 2.39. The highest BCUT2D eigenvalue weighted by molar-refractivity contribution is 5.95. The molecule has 0 unspecified atom stereocenters. The molecule has 1 aromatic heterocycles. The Morgan fingerprint density at radius 3 is 2.00 bits per heavy atom. The Bertz CT molecular complexity index is 565. The lowest BCUT2D eigenvalue weighted by Gasteiger charge is -2.08. The molecule has 1 aromatic carbocycles. The fourth-order valence-electron chi connectivity index (χ4n) is 1.49. The third-order valence-electron chi connectivity index (χ3n) is 2.41. The minimum atomic E-state index is -4.89. The highest BCUT2D eigenvalue weighted by atomic mass is 19.4. The van der Waals surface area contributed by atoms with Gasteiger partial charge >= 0.3 is 12.1 Å².